The molecule has 2 nitrogen and oxygen atoms in total. The second kappa shape index (κ2) is 6.78. The summed E-state index contributed by atoms with van der Waals surface area (Å²) in [5.74, 6) is 0.587. The van der Waals surface area contributed by atoms with E-state index in [1.54, 1.807) is 18.0 Å². The number of Topliss-reactive ketones (excluding diaryl/α,β-unsaturated/α-hetero) is 1. The number of ketones is 1. The molecular formula is C21H21NOS. The van der Waals surface area contributed by atoms with Crippen molar-refractivity contribution in [3.63, 3.8) is 0 Å². The quantitative estimate of drug-likeness (QED) is 0.465. The molecule has 0 N–H and O–H groups in total. The van der Waals surface area contributed by atoms with Crippen LogP contribution in [0.3, 0.4) is 0 Å². The van der Waals surface area contributed by atoms with Gasteiger partial charge in [-0.15, -0.1) is 11.8 Å². The van der Waals surface area contributed by atoms with Crippen molar-refractivity contribution in [1.82, 2.24) is 4.98 Å². The number of pyridine rings is 1. The Morgan fingerprint density at radius 3 is 2.42 bits per heavy atom. The van der Waals surface area contributed by atoms with E-state index in [2.05, 4.69) is 37.9 Å². The third-order valence-electron chi connectivity index (χ3n) is 4.04. The Morgan fingerprint density at radius 1 is 1.00 bits per heavy atom. The van der Waals surface area contributed by atoms with Crippen LogP contribution < -0.4 is 0 Å². The van der Waals surface area contributed by atoms with Crippen LogP contribution in [0.4, 0.5) is 0 Å². The molecule has 122 valence electrons. The fraction of sp³-hybridized carbons (Fsp3) is 0.238. The Hall–Kier alpha value is -2.13. The van der Waals surface area contributed by atoms with Gasteiger partial charge in [0.05, 0.1) is 11.3 Å². The number of carbonyl (C=O) groups is 1. The molecule has 0 atom stereocenters. The van der Waals surface area contributed by atoms with Gasteiger partial charge in [-0.3, -0.25) is 9.78 Å². The van der Waals surface area contributed by atoms with Gasteiger partial charge in [-0.1, -0.05) is 63.2 Å². The van der Waals surface area contributed by atoms with E-state index in [0.29, 0.717) is 5.75 Å². The molecular weight excluding hydrogens is 314 g/mol. The van der Waals surface area contributed by atoms with E-state index in [-0.39, 0.29) is 11.2 Å². The summed E-state index contributed by atoms with van der Waals surface area (Å²) in [5, 5.41) is 1.10. The first-order valence-corrected chi connectivity index (χ1v) is 9.04. The van der Waals surface area contributed by atoms with Crippen molar-refractivity contribution in [1.29, 1.82) is 0 Å². The molecule has 1 heterocycles. The number of carbonyl (C=O) groups excluding carboxylic acids is 1. The van der Waals surface area contributed by atoms with E-state index in [1.807, 2.05) is 42.5 Å². The molecule has 0 amide bonds. The highest BCUT2D eigenvalue weighted by atomic mass is 32.2. The van der Waals surface area contributed by atoms with Gasteiger partial charge in [0.25, 0.3) is 0 Å². The number of hydrogen-bond acceptors (Lipinski definition) is 3. The van der Waals surface area contributed by atoms with Crippen LogP contribution in [0.2, 0.25) is 0 Å². The molecule has 1 aromatic heterocycles. The Labute approximate surface area is 147 Å². The van der Waals surface area contributed by atoms with E-state index in [1.165, 1.54) is 5.56 Å². The van der Waals surface area contributed by atoms with Crippen LogP contribution in [-0.2, 0) is 5.41 Å². The maximum atomic E-state index is 12.5. The molecule has 0 aliphatic rings. The smallest absolute Gasteiger partial charge is 0.173 e. The molecule has 3 aromatic rings. The summed E-state index contributed by atoms with van der Waals surface area (Å²) in [7, 11) is 0. The van der Waals surface area contributed by atoms with Crippen LogP contribution in [0, 0.1) is 0 Å². The van der Waals surface area contributed by atoms with Gasteiger partial charge in [-0.05, 0) is 23.1 Å². The minimum absolute atomic E-state index is 0.103. The Balaban J connectivity index is 1.73. The standard InChI is InChI=1S/C21H21NOS/c1-21(2,3)16-10-8-15(9-11-16)19(23)14-24-20-12-13-22-18-7-5-4-6-17(18)20/h4-13H,14H2,1-3H3. The number of rotatable bonds is 4. The number of para-hydroxylation sites is 1. The molecule has 24 heavy (non-hydrogen) atoms. The lowest BCUT2D eigenvalue weighted by Gasteiger charge is -2.19. The van der Waals surface area contributed by atoms with Gasteiger partial charge in [-0.2, -0.15) is 0 Å². The highest BCUT2D eigenvalue weighted by Gasteiger charge is 2.14. The summed E-state index contributed by atoms with van der Waals surface area (Å²) >= 11 is 1.57. The van der Waals surface area contributed by atoms with Crippen molar-refractivity contribution in [2.24, 2.45) is 0 Å². The summed E-state index contributed by atoms with van der Waals surface area (Å²) in [6, 6.07) is 18.0. The minimum atomic E-state index is 0.103. The van der Waals surface area contributed by atoms with Crippen molar-refractivity contribution < 1.29 is 4.79 Å². The van der Waals surface area contributed by atoms with Crippen LogP contribution in [0.25, 0.3) is 10.9 Å². The van der Waals surface area contributed by atoms with Crippen LogP contribution in [0.1, 0.15) is 36.7 Å². The van der Waals surface area contributed by atoms with Crippen molar-refractivity contribution in [2.45, 2.75) is 31.1 Å². The van der Waals surface area contributed by atoms with Gasteiger partial charge in [0, 0.05) is 22.0 Å². The monoisotopic (exact) mass is 335 g/mol. The molecule has 0 bridgehead atoms. The molecule has 0 aliphatic carbocycles. The summed E-state index contributed by atoms with van der Waals surface area (Å²) in [6.45, 7) is 6.52. The molecule has 0 aliphatic heterocycles. The zero-order valence-electron chi connectivity index (χ0n) is 14.2. The van der Waals surface area contributed by atoms with Crippen LogP contribution in [0.5, 0.6) is 0 Å². The third kappa shape index (κ3) is 3.68. The van der Waals surface area contributed by atoms with Crippen molar-refractivity contribution in [2.75, 3.05) is 5.75 Å². The number of hydrogen-bond donors (Lipinski definition) is 0. The van der Waals surface area contributed by atoms with Gasteiger partial charge >= 0.3 is 0 Å². The number of benzene rings is 2. The van der Waals surface area contributed by atoms with E-state index < -0.39 is 0 Å². The molecule has 0 unspecified atom stereocenters. The first kappa shape index (κ1) is 16.7. The van der Waals surface area contributed by atoms with Crippen molar-refractivity contribution in [3.8, 4) is 0 Å². The Morgan fingerprint density at radius 2 is 1.71 bits per heavy atom. The van der Waals surface area contributed by atoms with Gasteiger partial charge in [0.15, 0.2) is 5.78 Å². The van der Waals surface area contributed by atoms with E-state index in [4.69, 9.17) is 0 Å². The summed E-state index contributed by atoms with van der Waals surface area (Å²) in [4.78, 5) is 17.9. The Bertz CT molecular complexity index is 858. The number of fused-ring (bicyclic) bond motifs is 1. The Kier molecular flexibility index (Phi) is 4.72. The molecule has 0 saturated heterocycles. The SMILES string of the molecule is CC(C)(C)c1ccc(C(=O)CSc2ccnc3ccccc23)cc1. The minimum Gasteiger partial charge on any atom is -0.293 e. The average Bonchev–Trinajstić information content (AvgIpc) is 2.59. The van der Waals surface area contributed by atoms with Gasteiger partial charge in [-0.25, -0.2) is 0 Å². The second-order valence-electron chi connectivity index (χ2n) is 6.87. The van der Waals surface area contributed by atoms with Crippen molar-refractivity contribution in [3.05, 3.63) is 71.9 Å². The number of thioether (sulfide) groups is 1. The summed E-state index contributed by atoms with van der Waals surface area (Å²) in [5.41, 5.74) is 3.08. The first-order valence-electron chi connectivity index (χ1n) is 8.05. The van der Waals surface area contributed by atoms with Gasteiger partial charge < -0.3 is 0 Å². The molecule has 3 rings (SSSR count). The summed E-state index contributed by atoms with van der Waals surface area (Å²) in [6.07, 6.45) is 1.80. The van der Waals surface area contributed by atoms with Crippen LogP contribution in [-0.4, -0.2) is 16.5 Å². The van der Waals surface area contributed by atoms with E-state index >= 15 is 0 Å². The topological polar surface area (TPSA) is 30.0 Å². The first-order chi connectivity index (χ1) is 11.4. The maximum Gasteiger partial charge on any atom is 0.173 e. The lowest BCUT2D eigenvalue weighted by atomic mass is 9.86. The van der Waals surface area contributed by atoms with E-state index in [0.717, 1.165) is 21.4 Å². The number of nitrogens with zero attached hydrogens (tertiary/aromatic N) is 1. The third-order valence-corrected chi connectivity index (χ3v) is 5.11. The normalized spacial score (nSPS) is 11.6. The predicted octanol–water partition coefficient (Wildman–Crippen LogP) is 5.51. The fourth-order valence-electron chi connectivity index (χ4n) is 2.58. The maximum absolute atomic E-state index is 12.5. The van der Waals surface area contributed by atoms with Gasteiger partial charge in [0.2, 0.25) is 0 Å². The predicted molar refractivity (Wildman–Crippen MR) is 102 cm³/mol. The summed E-state index contributed by atoms with van der Waals surface area (Å²) < 4.78 is 0. The zero-order chi connectivity index (χ0) is 17.2. The fourth-order valence-corrected chi connectivity index (χ4v) is 3.52. The highest BCUT2D eigenvalue weighted by molar-refractivity contribution is 8.00. The number of aromatic nitrogens is 1. The van der Waals surface area contributed by atoms with Gasteiger partial charge in [0.1, 0.15) is 0 Å². The molecule has 0 saturated carbocycles. The second-order valence-corrected chi connectivity index (χ2v) is 7.88. The largest absolute Gasteiger partial charge is 0.293 e. The molecule has 3 heteroatoms. The van der Waals surface area contributed by atoms with Crippen LogP contribution in [0.15, 0.2) is 65.7 Å². The van der Waals surface area contributed by atoms with Crippen LogP contribution >= 0.6 is 11.8 Å². The molecule has 2 aromatic carbocycles. The molecule has 0 spiro atoms. The zero-order valence-corrected chi connectivity index (χ0v) is 15.1. The van der Waals surface area contributed by atoms with Crippen molar-refractivity contribution >= 4 is 28.4 Å². The lowest BCUT2D eigenvalue weighted by Crippen LogP contribution is -2.11. The van der Waals surface area contributed by atoms with E-state index in [9.17, 15) is 4.79 Å². The highest BCUT2D eigenvalue weighted by Crippen LogP contribution is 2.27. The molecule has 0 fully saturated rings. The molecule has 0 radical (unpaired) electrons. The average molecular weight is 335 g/mol. The lowest BCUT2D eigenvalue weighted by molar-refractivity contribution is 0.102.